The minimum atomic E-state index is 0. The van der Waals surface area contributed by atoms with Crippen LogP contribution in [0.2, 0.25) is 0 Å². The highest BCUT2D eigenvalue weighted by Crippen LogP contribution is 2.30. The molecular formula is C18H23Cl2N7O. The molecule has 0 aliphatic carbocycles. The van der Waals surface area contributed by atoms with Gasteiger partial charge in [0.25, 0.3) is 0 Å². The van der Waals surface area contributed by atoms with Gasteiger partial charge in [-0.25, -0.2) is 4.98 Å². The van der Waals surface area contributed by atoms with Gasteiger partial charge < -0.3 is 15.3 Å². The zero-order valence-electron chi connectivity index (χ0n) is 15.5. The van der Waals surface area contributed by atoms with Crippen LogP contribution in [0.4, 0.5) is 5.82 Å². The molecule has 10 heteroatoms. The van der Waals surface area contributed by atoms with Gasteiger partial charge in [-0.05, 0) is 32.0 Å². The first-order chi connectivity index (χ1) is 12.6. The lowest BCUT2D eigenvalue weighted by Crippen LogP contribution is -2.54. The number of H-pyrrole nitrogens is 1. The summed E-state index contributed by atoms with van der Waals surface area (Å²) >= 11 is 0. The summed E-state index contributed by atoms with van der Waals surface area (Å²) in [6.07, 6.45) is 5.12. The fourth-order valence-electron chi connectivity index (χ4n) is 3.35. The van der Waals surface area contributed by atoms with Crippen LogP contribution in [0.15, 0.2) is 36.8 Å². The molecule has 2 atom stereocenters. The number of pyridine rings is 1. The highest BCUT2D eigenvalue weighted by Gasteiger charge is 2.22. The maximum absolute atomic E-state index is 10.4. The lowest BCUT2D eigenvalue weighted by molar-refractivity contribution is 0.404. The van der Waals surface area contributed by atoms with Gasteiger partial charge in [-0.15, -0.1) is 35.0 Å². The predicted octanol–water partition coefficient (Wildman–Crippen LogP) is 2.66. The Morgan fingerprint density at radius 2 is 1.79 bits per heavy atom. The van der Waals surface area contributed by atoms with Gasteiger partial charge in [0, 0.05) is 48.7 Å². The number of nitrogens with zero attached hydrogens (tertiary/aromatic N) is 5. The molecular weight excluding hydrogens is 401 g/mol. The number of aromatic amines is 1. The molecule has 8 nitrogen and oxygen atoms in total. The van der Waals surface area contributed by atoms with Crippen molar-refractivity contribution >= 4 is 30.6 Å². The molecule has 0 spiro atoms. The summed E-state index contributed by atoms with van der Waals surface area (Å²) in [5, 5.41) is 29.1. The first-order valence-corrected chi connectivity index (χ1v) is 8.63. The van der Waals surface area contributed by atoms with Crippen molar-refractivity contribution in [2.24, 2.45) is 0 Å². The van der Waals surface area contributed by atoms with E-state index in [0.29, 0.717) is 23.5 Å². The summed E-state index contributed by atoms with van der Waals surface area (Å²) in [6.45, 7) is 6.10. The Morgan fingerprint density at radius 3 is 2.36 bits per heavy atom. The summed E-state index contributed by atoms with van der Waals surface area (Å²) in [7, 11) is 0. The lowest BCUT2D eigenvalue weighted by Gasteiger charge is -2.36. The van der Waals surface area contributed by atoms with Crippen molar-refractivity contribution in [2.45, 2.75) is 25.9 Å². The molecule has 3 N–H and O–H groups in total. The molecule has 4 rings (SSSR count). The fraction of sp³-hybridized carbons (Fsp3) is 0.333. The van der Waals surface area contributed by atoms with E-state index in [-0.39, 0.29) is 30.6 Å². The third-order valence-corrected chi connectivity index (χ3v) is 4.47. The molecule has 0 aromatic carbocycles. The summed E-state index contributed by atoms with van der Waals surface area (Å²) in [5.74, 6) is 0.902. The molecule has 28 heavy (non-hydrogen) atoms. The van der Waals surface area contributed by atoms with Crippen molar-refractivity contribution in [3.8, 4) is 28.3 Å². The standard InChI is InChI=1S/C18H21N7O.2ClH/c1-11-9-25(10-12(2)22-11)17-4-3-15(23-24-17)18-16(26)5-13(6-19-18)14-7-20-21-8-14;;/h3-8,11-12,22,26H,9-10H2,1-2H3,(H,20,21);2*1H/t11-,12+;;. The molecule has 0 radical (unpaired) electrons. The second kappa shape index (κ2) is 9.18. The van der Waals surface area contributed by atoms with Crippen LogP contribution < -0.4 is 10.2 Å². The predicted molar refractivity (Wildman–Crippen MR) is 113 cm³/mol. The molecule has 1 aliphatic rings. The van der Waals surface area contributed by atoms with E-state index < -0.39 is 0 Å². The number of anilines is 1. The van der Waals surface area contributed by atoms with Crippen LogP contribution in [-0.4, -0.2) is 55.7 Å². The molecule has 1 saturated heterocycles. The van der Waals surface area contributed by atoms with E-state index in [1.54, 1.807) is 24.7 Å². The summed E-state index contributed by atoms with van der Waals surface area (Å²) in [4.78, 5) is 6.57. The lowest BCUT2D eigenvalue weighted by atomic mass is 10.1. The molecule has 0 amide bonds. The number of aromatic hydroxyl groups is 1. The maximum Gasteiger partial charge on any atom is 0.151 e. The number of aromatic nitrogens is 5. The van der Waals surface area contributed by atoms with Gasteiger partial charge in [-0.1, -0.05) is 0 Å². The van der Waals surface area contributed by atoms with Gasteiger partial charge in [0.1, 0.15) is 17.1 Å². The average molecular weight is 424 g/mol. The van der Waals surface area contributed by atoms with Gasteiger partial charge in [0.15, 0.2) is 5.82 Å². The minimum absolute atomic E-state index is 0. The van der Waals surface area contributed by atoms with E-state index in [2.05, 4.69) is 49.4 Å². The van der Waals surface area contributed by atoms with E-state index in [9.17, 15) is 5.11 Å². The van der Waals surface area contributed by atoms with Crippen molar-refractivity contribution in [1.29, 1.82) is 0 Å². The van der Waals surface area contributed by atoms with Crippen LogP contribution in [0.5, 0.6) is 5.75 Å². The normalized spacial score (nSPS) is 18.9. The second-order valence-corrected chi connectivity index (χ2v) is 6.73. The van der Waals surface area contributed by atoms with Crippen LogP contribution in [0.25, 0.3) is 22.5 Å². The van der Waals surface area contributed by atoms with Gasteiger partial charge >= 0.3 is 0 Å². The molecule has 150 valence electrons. The summed E-state index contributed by atoms with van der Waals surface area (Å²) in [5.41, 5.74) is 2.61. The zero-order valence-corrected chi connectivity index (χ0v) is 17.2. The topological polar surface area (TPSA) is 103 Å². The largest absolute Gasteiger partial charge is 0.506 e. The van der Waals surface area contributed by atoms with Crippen molar-refractivity contribution in [1.82, 2.24) is 30.7 Å². The second-order valence-electron chi connectivity index (χ2n) is 6.73. The summed E-state index contributed by atoms with van der Waals surface area (Å²) in [6, 6.07) is 6.24. The first-order valence-electron chi connectivity index (χ1n) is 8.63. The molecule has 1 fully saturated rings. The molecule has 0 saturated carbocycles. The number of halogens is 2. The van der Waals surface area contributed by atoms with Crippen LogP contribution in [-0.2, 0) is 0 Å². The molecule has 1 aliphatic heterocycles. The number of nitrogens with one attached hydrogen (secondary N) is 2. The number of hydrogen-bond donors (Lipinski definition) is 3. The Hall–Kier alpha value is -2.42. The third kappa shape index (κ3) is 4.52. The van der Waals surface area contributed by atoms with Gasteiger partial charge in [0.2, 0.25) is 0 Å². The average Bonchev–Trinajstić information content (AvgIpc) is 3.16. The van der Waals surface area contributed by atoms with E-state index in [1.165, 1.54) is 0 Å². The Balaban J connectivity index is 0.00000140. The first kappa shape index (κ1) is 21.9. The van der Waals surface area contributed by atoms with Crippen molar-refractivity contribution in [3.05, 3.63) is 36.8 Å². The van der Waals surface area contributed by atoms with Crippen molar-refractivity contribution in [3.63, 3.8) is 0 Å². The Labute approximate surface area is 175 Å². The van der Waals surface area contributed by atoms with Gasteiger partial charge in [-0.3, -0.25) is 5.10 Å². The molecule has 0 bridgehead atoms. The van der Waals surface area contributed by atoms with Crippen molar-refractivity contribution < 1.29 is 5.11 Å². The van der Waals surface area contributed by atoms with Crippen LogP contribution in [0.3, 0.4) is 0 Å². The fourth-order valence-corrected chi connectivity index (χ4v) is 3.35. The molecule has 4 heterocycles. The maximum atomic E-state index is 10.4. The van der Waals surface area contributed by atoms with Gasteiger partial charge in [-0.2, -0.15) is 5.10 Å². The molecule has 0 unspecified atom stereocenters. The number of hydrogen-bond acceptors (Lipinski definition) is 7. The molecule has 3 aromatic rings. The number of piperazine rings is 1. The molecule has 3 aromatic heterocycles. The summed E-state index contributed by atoms with van der Waals surface area (Å²) < 4.78 is 0. The Bertz CT molecular complexity index is 879. The van der Waals surface area contributed by atoms with Crippen molar-refractivity contribution in [2.75, 3.05) is 18.0 Å². The smallest absolute Gasteiger partial charge is 0.151 e. The third-order valence-electron chi connectivity index (χ3n) is 4.47. The monoisotopic (exact) mass is 423 g/mol. The Kier molecular flexibility index (Phi) is 7.17. The van der Waals surface area contributed by atoms with E-state index in [4.69, 9.17) is 0 Å². The van der Waals surface area contributed by atoms with E-state index in [1.807, 2.05) is 12.1 Å². The zero-order chi connectivity index (χ0) is 18.1. The SMILES string of the molecule is C[C@@H]1CN(c2ccc(-c3ncc(-c4cn[nH]c4)cc3O)nn2)C[C@H](C)N1.Cl.Cl. The van der Waals surface area contributed by atoms with Crippen LogP contribution in [0.1, 0.15) is 13.8 Å². The van der Waals surface area contributed by atoms with E-state index in [0.717, 1.165) is 30.0 Å². The van der Waals surface area contributed by atoms with Gasteiger partial charge in [0.05, 0.1) is 6.20 Å². The highest BCUT2D eigenvalue weighted by molar-refractivity contribution is 5.85. The van der Waals surface area contributed by atoms with E-state index >= 15 is 0 Å². The number of rotatable bonds is 3. The van der Waals surface area contributed by atoms with Crippen LogP contribution in [0, 0.1) is 0 Å². The minimum Gasteiger partial charge on any atom is -0.506 e. The van der Waals surface area contributed by atoms with Crippen LogP contribution >= 0.6 is 24.8 Å². The quantitative estimate of drug-likeness (QED) is 0.594. The Morgan fingerprint density at radius 1 is 1.04 bits per heavy atom. The highest BCUT2D eigenvalue weighted by atomic mass is 35.5.